The van der Waals surface area contributed by atoms with E-state index in [0.717, 1.165) is 37.3 Å². The molecule has 2 heterocycles. The molecule has 1 fully saturated rings. The van der Waals surface area contributed by atoms with Gasteiger partial charge in [0.2, 0.25) is 0 Å². The SMILES string of the molecule is Cc1occc1CN[C@@H]1CC(Cn2cccn2)C[C@H]1O. The first-order valence-corrected chi connectivity index (χ1v) is 7.14. The average Bonchev–Trinajstić information content (AvgIpc) is 3.12. The lowest BCUT2D eigenvalue weighted by Crippen LogP contribution is -2.35. The van der Waals surface area contributed by atoms with Gasteiger partial charge in [0.05, 0.1) is 12.4 Å². The van der Waals surface area contributed by atoms with Crippen molar-refractivity contribution in [3.63, 3.8) is 0 Å². The molecule has 0 aromatic carbocycles. The van der Waals surface area contributed by atoms with Crippen LogP contribution in [0.15, 0.2) is 35.2 Å². The molecule has 108 valence electrons. The summed E-state index contributed by atoms with van der Waals surface area (Å²) in [5, 5.41) is 17.8. The van der Waals surface area contributed by atoms with Crippen molar-refractivity contribution in [2.45, 2.75) is 45.0 Å². The highest BCUT2D eigenvalue weighted by Gasteiger charge is 2.32. The molecule has 0 spiro atoms. The summed E-state index contributed by atoms with van der Waals surface area (Å²) in [7, 11) is 0. The van der Waals surface area contributed by atoms with E-state index in [9.17, 15) is 5.11 Å². The summed E-state index contributed by atoms with van der Waals surface area (Å²) in [6.07, 6.45) is 7.02. The van der Waals surface area contributed by atoms with Gasteiger partial charge in [0, 0.05) is 37.1 Å². The number of aryl methyl sites for hydroxylation is 1. The molecular formula is C15H21N3O2. The smallest absolute Gasteiger partial charge is 0.105 e. The summed E-state index contributed by atoms with van der Waals surface area (Å²) in [4.78, 5) is 0. The van der Waals surface area contributed by atoms with Crippen molar-refractivity contribution in [3.8, 4) is 0 Å². The molecule has 0 saturated heterocycles. The molecule has 5 heteroatoms. The van der Waals surface area contributed by atoms with Crippen molar-refractivity contribution in [2.75, 3.05) is 0 Å². The molecule has 1 aliphatic rings. The van der Waals surface area contributed by atoms with Gasteiger partial charge in [-0.15, -0.1) is 0 Å². The van der Waals surface area contributed by atoms with Crippen molar-refractivity contribution in [1.82, 2.24) is 15.1 Å². The standard InChI is InChI=1S/C15H21N3O2/c1-11-13(3-6-20-11)9-16-14-7-12(8-15(14)19)10-18-5-2-4-17-18/h2-6,12,14-16,19H,7-10H2,1H3/t12?,14-,15-/m1/s1. The Hall–Kier alpha value is -1.59. The Bertz CT molecular complexity index is 535. The number of aliphatic hydroxyl groups is 1. The first kappa shape index (κ1) is 13.4. The number of aliphatic hydroxyl groups excluding tert-OH is 1. The molecule has 1 saturated carbocycles. The van der Waals surface area contributed by atoms with Crippen molar-refractivity contribution in [1.29, 1.82) is 0 Å². The van der Waals surface area contributed by atoms with Gasteiger partial charge >= 0.3 is 0 Å². The molecule has 2 N–H and O–H groups in total. The van der Waals surface area contributed by atoms with E-state index in [1.54, 1.807) is 12.5 Å². The zero-order valence-electron chi connectivity index (χ0n) is 11.7. The second-order valence-corrected chi connectivity index (χ2v) is 5.62. The number of hydrogen-bond donors (Lipinski definition) is 2. The van der Waals surface area contributed by atoms with E-state index < -0.39 is 0 Å². The highest BCUT2D eigenvalue weighted by atomic mass is 16.3. The largest absolute Gasteiger partial charge is 0.469 e. The molecule has 2 aromatic heterocycles. The molecule has 3 atom stereocenters. The minimum absolute atomic E-state index is 0.157. The zero-order valence-corrected chi connectivity index (χ0v) is 11.7. The Kier molecular flexibility index (Phi) is 3.89. The van der Waals surface area contributed by atoms with Gasteiger partial charge in [-0.3, -0.25) is 4.68 Å². The van der Waals surface area contributed by atoms with Gasteiger partial charge in [-0.25, -0.2) is 0 Å². The van der Waals surface area contributed by atoms with Gasteiger partial charge in [-0.2, -0.15) is 5.10 Å². The van der Waals surface area contributed by atoms with Crippen LogP contribution in [0.2, 0.25) is 0 Å². The van der Waals surface area contributed by atoms with E-state index in [1.807, 2.05) is 29.9 Å². The first-order chi connectivity index (χ1) is 9.72. The van der Waals surface area contributed by atoms with Crippen LogP contribution in [0.25, 0.3) is 0 Å². The Morgan fingerprint density at radius 2 is 2.40 bits per heavy atom. The monoisotopic (exact) mass is 275 g/mol. The summed E-state index contributed by atoms with van der Waals surface area (Å²) >= 11 is 0. The number of furan rings is 1. The maximum Gasteiger partial charge on any atom is 0.105 e. The van der Waals surface area contributed by atoms with Crippen molar-refractivity contribution >= 4 is 0 Å². The van der Waals surface area contributed by atoms with E-state index in [1.165, 1.54) is 0 Å². The van der Waals surface area contributed by atoms with Gasteiger partial charge in [-0.1, -0.05) is 0 Å². The van der Waals surface area contributed by atoms with E-state index in [4.69, 9.17) is 4.42 Å². The van der Waals surface area contributed by atoms with E-state index in [2.05, 4.69) is 10.4 Å². The Morgan fingerprint density at radius 1 is 1.50 bits per heavy atom. The minimum atomic E-state index is -0.275. The fraction of sp³-hybridized carbons (Fsp3) is 0.533. The summed E-state index contributed by atoms with van der Waals surface area (Å²) in [6, 6.07) is 4.07. The van der Waals surface area contributed by atoms with Crippen LogP contribution in [0.1, 0.15) is 24.2 Å². The second kappa shape index (κ2) is 5.81. The van der Waals surface area contributed by atoms with Crippen LogP contribution in [0.3, 0.4) is 0 Å². The van der Waals surface area contributed by atoms with Gasteiger partial charge in [-0.05, 0) is 37.8 Å². The first-order valence-electron chi connectivity index (χ1n) is 7.14. The topological polar surface area (TPSA) is 63.2 Å². The maximum absolute atomic E-state index is 10.2. The molecule has 0 radical (unpaired) electrons. The zero-order chi connectivity index (χ0) is 13.9. The second-order valence-electron chi connectivity index (χ2n) is 5.62. The summed E-state index contributed by atoms with van der Waals surface area (Å²) in [6.45, 7) is 3.59. The highest BCUT2D eigenvalue weighted by Crippen LogP contribution is 2.27. The molecule has 3 rings (SSSR count). The Balaban J connectivity index is 1.52. The van der Waals surface area contributed by atoms with Gasteiger partial charge in [0.25, 0.3) is 0 Å². The number of rotatable bonds is 5. The third-order valence-electron chi connectivity index (χ3n) is 4.15. The fourth-order valence-electron chi connectivity index (χ4n) is 3.00. The van der Waals surface area contributed by atoms with Gasteiger partial charge < -0.3 is 14.8 Å². The summed E-state index contributed by atoms with van der Waals surface area (Å²) < 4.78 is 7.23. The molecule has 20 heavy (non-hydrogen) atoms. The van der Waals surface area contributed by atoms with Gasteiger partial charge in [0.15, 0.2) is 0 Å². The van der Waals surface area contributed by atoms with Crippen LogP contribution in [-0.4, -0.2) is 27.0 Å². The predicted molar refractivity (Wildman–Crippen MR) is 75.0 cm³/mol. The minimum Gasteiger partial charge on any atom is -0.469 e. The third-order valence-corrected chi connectivity index (χ3v) is 4.15. The van der Waals surface area contributed by atoms with Crippen LogP contribution in [0.4, 0.5) is 0 Å². The van der Waals surface area contributed by atoms with Crippen LogP contribution < -0.4 is 5.32 Å². The number of nitrogens with zero attached hydrogens (tertiary/aromatic N) is 2. The third kappa shape index (κ3) is 2.94. The molecule has 2 aromatic rings. The lowest BCUT2D eigenvalue weighted by molar-refractivity contribution is 0.145. The summed E-state index contributed by atoms with van der Waals surface area (Å²) in [5.41, 5.74) is 1.16. The lowest BCUT2D eigenvalue weighted by Gasteiger charge is -2.16. The number of hydrogen-bond acceptors (Lipinski definition) is 4. The van der Waals surface area contributed by atoms with Crippen molar-refractivity contribution in [3.05, 3.63) is 42.1 Å². The summed E-state index contributed by atoms with van der Waals surface area (Å²) in [5.74, 6) is 1.42. The van der Waals surface area contributed by atoms with Crippen LogP contribution in [0, 0.1) is 12.8 Å². The molecule has 0 aliphatic heterocycles. The fourth-order valence-corrected chi connectivity index (χ4v) is 3.00. The van der Waals surface area contributed by atoms with Gasteiger partial charge in [0.1, 0.15) is 5.76 Å². The normalized spacial score (nSPS) is 26.2. The quantitative estimate of drug-likeness (QED) is 0.872. The van der Waals surface area contributed by atoms with Crippen LogP contribution >= 0.6 is 0 Å². The van der Waals surface area contributed by atoms with Crippen molar-refractivity contribution in [2.24, 2.45) is 5.92 Å². The highest BCUT2D eigenvalue weighted by molar-refractivity contribution is 5.15. The van der Waals surface area contributed by atoms with E-state index in [-0.39, 0.29) is 12.1 Å². The van der Waals surface area contributed by atoms with Crippen LogP contribution in [-0.2, 0) is 13.1 Å². The number of nitrogens with one attached hydrogen (secondary N) is 1. The predicted octanol–water partition coefficient (Wildman–Crippen LogP) is 1.71. The Morgan fingerprint density at radius 3 is 3.10 bits per heavy atom. The number of aromatic nitrogens is 2. The molecule has 0 amide bonds. The molecular weight excluding hydrogens is 254 g/mol. The lowest BCUT2D eigenvalue weighted by atomic mass is 10.1. The maximum atomic E-state index is 10.2. The molecule has 5 nitrogen and oxygen atoms in total. The Labute approximate surface area is 118 Å². The molecule has 1 aliphatic carbocycles. The van der Waals surface area contributed by atoms with E-state index >= 15 is 0 Å². The van der Waals surface area contributed by atoms with E-state index in [0.29, 0.717) is 5.92 Å². The molecule has 1 unspecified atom stereocenters. The van der Waals surface area contributed by atoms with Crippen molar-refractivity contribution < 1.29 is 9.52 Å². The van der Waals surface area contributed by atoms with Crippen LogP contribution in [0.5, 0.6) is 0 Å². The average molecular weight is 275 g/mol. The molecule has 0 bridgehead atoms.